The lowest BCUT2D eigenvalue weighted by Gasteiger charge is -2.28. The average Bonchev–Trinajstić information content (AvgIpc) is 3.54. The zero-order chi connectivity index (χ0) is 23.5. The molecule has 0 radical (unpaired) electrons. The van der Waals surface area contributed by atoms with Gasteiger partial charge in [0.1, 0.15) is 11.3 Å². The maximum absolute atomic E-state index is 13.6. The van der Waals surface area contributed by atoms with Crippen molar-refractivity contribution >= 4 is 56.6 Å². The van der Waals surface area contributed by atoms with Crippen molar-refractivity contribution in [1.29, 1.82) is 0 Å². The number of hydrogen-bond donors (Lipinski definition) is 0. The normalized spacial score (nSPS) is 14.0. The summed E-state index contributed by atoms with van der Waals surface area (Å²) >= 11 is 7.79. The van der Waals surface area contributed by atoms with Gasteiger partial charge in [-0.1, -0.05) is 58.4 Å². The first-order valence-corrected chi connectivity index (χ1v) is 12.1. The van der Waals surface area contributed by atoms with Gasteiger partial charge in [0.25, 0.3) is 5.91 Å². The van der Waals surface area contributed by atoms with Gasteiger partial charge in [0.2, 0.25) is 0 Å². The highest BCUT2D eigenvalue weighted by Gasteiger charge is 2.27. The van der Waals surface area contributed by atoms with Gasteiger partial charge in [-0.15, -0.1) is 12.4 Å². The van der Waals surface area contributed by atoms with Crippen molar-refractivity contribution in [2.45, 2.75) is 0 Å². The Bertz CT molecular complexity index is 1290. The van der Waals surface area contributed by atoms with Crippen LogP contribution < -0.4 is 9.64 Å². The summed E-state index contributed by atoms with van der Waals surface area (Å²) in [7, 11) is 1.59. The molecule has 1 fully saturated rings. The Balaban J connectivity index is 0.00000289. The highest BCUT2D eigenvalue weighted by Crippen LogP contribution is 2.39. The molecule has 184 valence electrons. The summed E-state index contributed by atoms with van der Waals surface area (Å²) in [6.45, 7) is 4.13. The standard InChI is InChI=1S/C24H23ClN4O4S.ClH/c1-31-19-8-7-17(25)22-21(19)26-24(34-22)29(10-9-28-11-13-32-14-12-28)23(30)18-15-20(33-27-18)16-5-3-2-4-6-16;/h2-8,15H,9-14H2,1H3;1H. The summed E-state index contributed by atoms with van der Waals surface area (Å²) in [6.07, 6.45) is 0. The van der Waals surface area contributed by atoms with Gasteiger partial charge in [0.15, 0.2) is 16.6 Å². The summed E-state index contributed by atoms with van der Waals surface area (Å²) in [5.41, 5.74) is 1.70. The Morgan fingerprint density at radius 3 is 2.71 bits per heavy atom. The molecule has 0 bridgehead atoms. The fourth-order valence-electron chi connectivity index (χ4n) is 3.82. The molecule has 0 unspecified atom stereocenters. The number of amides is 1. The van der Waals surface area contributed by atoms with Crippen molar-refractivity contribution in [1.82, 2.24) is 15.0 Å². The minimum Gasteiger partial charge on any atom is -0.494 e. The molecule has 0 spiro atoms. The molecule has 0 saturated carbocycles. The third kappa shape index (κ3) is 5.44. The van der Waals surface area contributed by atoms with Gasteiger partial charge in [-0.25, -0.2) is 4.98 Å². The number of benzene rings is 2. The molecule has 1 aliphatic heterocycles. The third-order valence-corrected chi connectivity index (χ3v) is 7.21. The van der Waals surface area contributed by atoms with Crippen LogP contribution in [-0.4, -0.2) is 67.5 Å². The maximum Gasteiger partial charge on any atom is 0.282 e. The summed E-state index contributed by atoms with van der Waals surface area (Å²) in [5.74, 6) is 0.856. The number of nitrogens with zero attached hydrogens (tertiary/aromatic N) is 4. The first-order valence-electron chi connectivity index (χ1n) is 10.9. The van der Waals surface area contributed by atoms with Gasteiger partial charge in [-0.3, -0.25) is 14.6 Å². The van der Waals surface area contributed by atoms with Crippen LogP contribution in [-0.2, 0) is 4.74 Å². The highest BCUT2D eigenvalue weighted by atomic mass is 35.5. The second-order valence-electron chi connectivity index (χ2n) is 7.78. The van der Waals surface area contributed by atoms with E-state index < -0.39 is 0 Å². The number of carbonyl (C=O) groups is 1. The number of aromatic nitrogens is 2. The van der Waals surface area contributed by atoms with E-state index in [1.54, 1.807) is 30.2 Å². The molecule has 3 heterocycles. The van der Waals surface area contributed by atoms with Crippen LogP contribution >= 0.6 is 35.3 Å². The van der Waals surface area contributed by atoms with Gasteiger partial charge < -0.3 is 14.0 Å². The van der Waals surface area contributed by atoms with E-state index in [1.807, 2.05) is 30.3 Å². The quantitative estimate of drug-likeness (QED) is 0.329. The number of morpholine rings is 1. The van der Waals surface area contributed by atoms with Crippen molar-refractivity contribution < 1.29 is 18.8 Å². The van der Waals surface area contributed by atoms with Gasteiger partial charge in [0.05, 0.1) is 30.0 Å². The minimum absolute atomic E-state index is 0. The number of ether oxygens (including phenoxy) is 2. The second kappa shape index (κ2) is 11.4. The van der Waals surface area contributed by atoms with E-state index >= 15 is 0 Å². The average molecular weight is 535 g/mol. The molecule has 2 aromatic carbocycles. The van der Waals surface area contributed by atoms with Crippen molar-refractivity contribution in [2.75, 3.05) is 51.4 Å². The molecule has 4 aromatic rings. The van der Waals surface area contributed by atoms with Crippen LogP contribution in [0.4, 0.5) is 5.13 Å². The van der Waals surface area contributed by atoms with Crippen molar-refractivity contribution in [2.24, 2.45) is 0 Å². The summed E-state index contributed by atoms with van der Waals surface area (Å²) in [6, 6.07) is 14.8. The predicted molar refractivity (Wildman–Crippen MR) is 139 cm³/mol. The van der Waals surface area contributed by atoms with E-state index in [4.69, 9.17) is 30.6 Å². The molecule has 0 atom stereocenters. The zero-order valence-electron chi connectivity index (χ0n) is 19.0. The molecule has 1 saturated heterocycles. The molecule has 0 aliphatic carbocycles. The van der Waals surface area contributed by atoms with Gasteiger partial charge >= 0.3 is 0 Å². The largest absolute Gasteiger partial charge is 0.494 e. The van der Waals surface area contributed by atoms with Crippen LogP contribution in [0, 0.1) is 0 Å². The second-order valence-corrected chi connectivity index (χ2v) is 9.16. The molecule has 0 N–H and O–H groups in total. The molecule has 35 heavy (non-hydrogen) atoms. The molecular formula is C24H24Cl2N4O4S. The van der Waals surface area contributed by atoms with Crippen LogP contribution in [0.1, 0.15) is 10.5 Å². The lowest BCUT2D eigenvalue weighted by molar-refractivity contribution is 0.0391. The Hall–Kier alpha value is -2.69. The van der Waals surface area contributed by atoms with Crippen LogP contribution in [0.15, 0.2) is 53.1 Å². The number of halogens is 2. The van der Waals surface area contributed by atoms with E-state index in [2.05, 4.69) is 10.1 Å². The first kappa shape index (κ1) is 25.4. The Kier molecular flexibility index (Phi) is 8.25. The Morgan fingerprint density at radius 2 is 1.97 bits per heavy atom. The van der Waals surface area contributed by atoms with E-state index in [0.29, 0.717) is 53.5 Å². The number of fused-ring (bicyclic) bond motifs is 1. The van der Waals surface area contributed by atoms with Crippen LogP contribution in [0.3, 0.4) is 0 Å². The van der Waals surface area contributed by atoms with Crippen molar-refractivity contribution in [3.8, 4) is 17.1 Å². The number of methoxy groups -OCH3 is 1. The fraction of sp³-hybridized carbons (Fsp3) is 0.292. The summed E-state index contributed by atoms with van der Waals surface area (Å²) < 4.78 is 17.2. The maximum atomic E-state index is 13.6. The van der Waals surface area contributed by atoms with Crippen LogP contribution in [0.25, 0.3) is 21.5 Å². The van der Waals surface area contributed by atoms with Gasteiger partial charge in [-0.2, -0.15) is 0 Å². The molecular weight excluding hydrogens is 511 g/mol. The monoisotopic (exact) mass is 534 g/mol. The number of carbonyl (C=O) groups excluding carboxylic acids is 1. The SMILES string of the molecule is COc1ccc(Cl)c2sc(N(CCN3CCOCC3)C(=O)c3cc(-c4ccccc4)on3)nc12.Cl. The molecule has 2 aromatic heterocycles. The number of rotatable bonds is 7. The highest BCUT2D eigenvalue weighted by molar-refractivity contribution is 7.23. The molecule has 5 rings (SSSR count). The van der Waals surface area contributed by atoms with E-state index in [9.17, 15) is 4.79 Å². The first-order chi connectivity index (χ1) is 16.6. The topological polar surface area (TPSA) is 80.9 Å². The Morgan fingerprint density at radius 1 is 1.20 bits per heavy atom. The van der Waals surface area contributed by atoms with Crippen LogP contribution in [0.5, 0.6) is 5.75 Å². The van der Waals surface area contributed by atoms with E-state index in [0.717, 1.165) is 23.4 Å². The molecule has 1 aliphatic rings. The van der Waals surface area contributed by atoms with E-state index in [1.165, 1.54) is 11.3 Å². The number of hydrogen-bond acceptors (Lipinski definition) is 8. The third-order valence-electron chi connectivity index (χ3n) is 5.67. The predicted octanol–water partition coefficient (Wildman–Crippen LogP) is 5.01. The van der Waals surface area contributed by atoms with E-state index in [-0.39, 0.29) is 24.0 Å². The van der Waals surface area contributed by atoms with Crippen molar-refractivity contribution in [3.63, 3.8) is 0 Å². The van der Waals surface area contributed by atoms with Crippen molar-refractivity contribution in [3.05, 3.63) is 59.2 Å². The lowest BCUT2D eigenvalue weighted by atomic mass is 10.1. The molecule has 11 heteroatoms. The summed E-state index contributed by atoms with van der Waals surface area (Å²) in [4.78, 5) is 22.3. The smallest absolute Gasteiger partial charge is 0.282 e. The minimum atomic E-state index is -0.284. The zero-order valence-corrected chi connectivity index (χ0v) is 21.4. The molecule has 1 amide bonds. The summed E-state index contributed by atoms with van der Waals surface area (Å²) in [5, 5.41) is 5.16. The van der Waals surface area contributed by atoms with Gasteiger partial charge in [-0.05, 0) is 12.1 Å². The number of anilines is 1. The van der Waals surface area contributed by atoms with Gasteiger partial charge in [0, 0.05) is 37.8 Å². The molecule has 8 nitrogen and oxygen atoms in total. The number of thiazole rings is 1. The van der Waals surface area contributed by atoms with Crippen LogP contribution in [0.2, 0.25) is 5.02 Å². The fourth-order valence-corrected chi connectivity index (χ4v) is 5.10. The Labute approximate surface area is 217 Å². The lowest BCUT2D eigenvalue weighted by Crippen LogP contribution is -2.43.